The van der Waals surface area contributed by atoms with E-state index in [1.165, 1.54) is 18.6 Å². The largest absolute Gasteiger partial charge is 0.478 e. The normalized spacial score (nSPS) is 17.6. The number of hydrogen-bond donors (Lipinski definition) is 0. The summed E-state index contributed by atoms with van der Waals surface area (Å²) in [6, 6.07) is 10.8. The molecule has 0 spiro atoms. The molecule has 0 bridgehead atoms. The van der Waals surface area contributed by atoms with E-state index in [0.717, 1.165) is 5.56 Å². The summed E-state index contributed by atoms with van der Waals surface area (Å²) in [7, 11) is 0. The predicted molar refractivity (Wildman–Crippen MR) is 125 cm³/mol. The lowest BCUT2D eigenvalue weighted by Gasteiger charge is -2.19. The molecule has 2 atom stereocenters. The summed E-state index contributed by atoms with van der Waals surface area (Å²) in [5.41, 5.74) is 1.34. The third-order valence-electron chi connectivity index (χ3n) is 5.54. The summed E-state index contributed by atoms with van der Waals surface area (Å²) in [5.74, 6) is 0.494. The van der Waals surface area contributed by atoms with Crippen molar-refractivity contribution in [2.24, 2.45) is 5.92 Å². The number of carbonyl (C=O) groups excluding carboxylic acids is 1. The second-order valence-corrected chi connectivity index (χ2v) is 8.86. The van der Waals surface area contributed by atoms with Gasteiger partial charge in [0.2, 0.25) is 11.7 Å². The van der Waals surface area contributed by atoms with Crippen LogP contribution in [0.1, 0.15) is 34.1 Å². The van der Waals surface area contributed by atoms with Gasteiger partial charge in [-0.1, -0.05) is 40.9 Å². The minimum absolute atomic E-state index is 0.0208. The van der Waals surface area contributed by atoms with Crippen LogP contribution < -0.4 is 4.74 Å². The monoisotopic (exact) mass is 501 g/mol. The van der Waals surface area contributed by atoms with Crippen LogP contribution in [0.5, 0.6) is 5.88 Å². The Hall–Kier alpha value is -2.92. The average Bonchev–Trinajstić information content (AvgIpc) is 3.26. The Balaban J connectivity index is 1.50. The third-order valence-corrected chi connectivity index (χ3v) is 6.50. The highest BCUT2D eigenvalue weighted by atomic mass is 35.5. The molecule has 0 N–H and O–H groups in total. The van der Waals surface area contributed by atoms with E-state index in [0.29, 0.717) is 52.6 Å². The number of hydrogen-bond acceptors (Lipinski definition) is 6. The highest BCUT2D eigenvalue weighted by Crippen LogP contribution is 2.37. The number of ether oxygens (including phenoxy) is 1. The number of benzene rings is 1. The highest BCUT2D eigenvalue weighted by Gasteiger charge is 2.36. The zero-order valence-electron chi connectivity index (χ0n) is 17.3. The van der Waals surface area contributed by atoms with Gasteiger partial charge in [-0.05, 0) is 36.1 Å². The van der Waals surface area contributed by atoms with Crippen LogP contribution in [0.3, 0.4) is 0 Å². The maximum atomic E-state index is 13.1. The lowest BCUT2D eigenvalue weighted by atomic mass is 9.87. The van der Waals surface area contributed by atoms with Crippen LogP contribution in [0.2, 0.25) is 15.1 Å². The van der Waals surface area contributed by atoms with Crippen LogP contribution >= 0.6 is 34.8 Å². The molecule has 168 valence electrons. The molecule has 1 aliphatic heterocycles. The van der Waals surface area contributed by atoms with Crippen LogP contribution in [-0.2, 0) is 0 Å². The van der Waals surface area contributed by atoms with Crippen LogP contribution in [0.15, 0.2) is 48.9 Å². The van der Waals surface area contributed by atoms with Crippen molar-refractivity contribution in [2.75, 3.05) is 19.7 Å². The summed E-state index contributed by atoms with van der Waals surface area (Å²) in [5, 5.41) is 10.4. The molecule has 3 heterocycles. The number of halogens is 3. The fourth-order valence-corrected chi connectivity index (χ4v) is 4.31. The molecular formula is C23H18Cl3N5O2. The van der Waals surface area contributed by atoms with Gasteiger partial charge in [0.25, 0.3) is 5.91 Å². The van der Waals surface area contributed by atoms with Crippen LogP contribution in [0.25, 0.3) is 0 Å². The third kappa shape index (κ3) is 5.53. The first-order valence-corrected chi connectivity index (χ1v) is 11.3. The van der Waals surface area contributed by atoms with E-state index < -0.39 is 0 Å². The van der Waals surface area contributed by atoms with E-state index in [1.54, 1.807) is 23.1 Å². The van der Waals surface area contributed by atoms with Crippen molar-refractivity contribution < 1.29 is 9.53 Å². The number of nitriles is 1. The van der Waals surface area contributed by atoms with Gasteiger partial charge in [-0.3, -0.25) is 4.79 Å². The van der Waals surface area contributed by atoms with Crippen molar-refractivity contribution in [3.63, 3.8) is 0 Å². The first-order valence-electron chi connectivity index (χ1n) is 10.2. The van der Waals surface area contributed by atoms with Crippen LogP contribution in [0.4, 0.5) is 0 Å². The van der Waals surface area contributed by atoms with Gasteiger partial charge in [-0.2, -0.15) is 5.26 Å². The molecule has 0 radical (unpaired) electrons. The molecule has 10 heteroatoms. The van der Waals surface area contributed by atoms with Gasteiger partial charge in [0.05, 0.1) is 27.2 Å². The fraction of sp³-hybridized carbons (Fsp3) is 0.261. The number of pyridine rings is 1. The molecule has 1 saturated heterocycles. The smallest absolute Gasteiger partial charge is 0.257 e. The number of rotatable bonds is 6. The van der Waals surface area contributed by atoms with Crippen molar-refractivity contribution in [2.45, 2.75) is 12.3 Å². The van der Waals surface area contributed by atoms with Crippen molar-refractivity contribution in [3.05, 3.63) is 80.9 Å². The average molecular weight is 503 g/mol. The number of carbonyl (C=O) groups is 1. The zero-order chi connectivity index (χ0) is 23.4. The minimum Gasteiger partial charge on any atom is -0.478 e. The quantitative estimate of drug-likeness (QED) is 0.469. The van der Waals surface area contributed by atoms with Crippen molar-refractivity contribution >= 4 is 40.7 Å². The van der Waals surface area contributed by atoms with Crippen molar-refractivity contribution in [3.8, 4) is 11.9 Å². The molecule has 1 aliphatic rings. The lowest BCUT2D eigenvalue weighted by molar-refractivity contribution is 0.0783. The molecule has 7 nitrogen and oxygen atoms in total. The van der Waals surface area contributed by atoms with Gasteiger partial charge in [-0.15, -0.1) is 0 Å². The second-order valence-electron chi connectivity index (χ2n) is 7.61. The molecule has 0 saturated carbocycles. The zero-order valence-corrected chi connectivity index (χ0v) is 19.6. The molecule has 1 aromatic carbocycles. The Kier molecular flexibility index (Phi) is 7.29. The maximum absolute atomic E-state index is 13.1. The molecule has 1 amide bonds. The van der Waals surface area contributed by atoms with E-state index in [1.807, 2.05) is 18.2 Å². The molecule has 2 aromatic heterocycles. The minimum atomic E-state index is -0.188. The molecule has 1 fully saturated rings. The molecule has 0 aliphatic carbocycles. The van der Waals surface area contributed by atoms with Crippen molar-refractivity contribution in [1.82, 2.24) is 19.9 Å². The standard InChI is InChI=1S/C23H18Cl3N5O2/c24-17-2-4-22(30-11-17)33-6-5-15-12-31(23(32)16-9-28-21(8-27)29-10-16)13-18(15)14-1-3-19(25)20(26)7-14/h1-4,7,9-11,15,18H,5-6,12-13H2/t15-,18+/m1/s1. The van der Waals surface area contributed by atoms with E-state index in [4.69, 9.17) is 44.8 Å². The lowest BCUT2D eigenvalue weighted by Crippen LogP contribution is -2.29. The Labute approximate surface area is 205 Å². The molecule has 4 rings (SSSR count). The summed E-state index contributed by atoms with van der Waals surface area (Å²) in [4.78, 5) is 26.8. The Morgan fingerprint density at radius 3 is 2.52 bits per heavy atom. The predicted octanol–water partition coefficient (Wildman–Crippen LogP) is 5.03. The summed E-state index contributed by atoms with van der Waals surface area (Å²) >= 11 is 18.2. The maximum Gasteiger partial charge on any atom is 0.257 e. The fourth-order valence-electron chi connectivity index (χ4n) is 3.89. The first-order chi connectivity index (χ1) is 15.9. The van der Waals surface area contributed by atoms with Gasteiger partial charge < -0.3 is 9.64 Å². The Morgan fingerprint density at radius 1 is 1.06 bits per heavy atom. The molecular weight excluding hydrogens is 485 g/mol. The first kappa shape index (κ1) is 23.2. The van der Waals surface area contributed by atoms with Crippen molar-refractivity contribution in [1.29, 1.82) is 5.26 Å². The van der Waals surface area contributed by atoms with E-state index in [9.17, 15) is 4.79 Å². The molecule has 3 aromatic rings. The van der Waals surface area contributed by atoms with Crippen LogP contribution in [-0.4, -0.2) is 45.5 Å². The number of aromatic nitrogens is 3. The Bertz CT molecular complexity index is 1180. The molecule has 0 unspecified atom stereocenters. The summed E-state index contributed by atoms with van der Waals surface area (Å²) in [6.07, 6.45) is 4.99. The van der Waals surface area contributed by atoms with Gasteiger partial charge in [0, 0.05) is 43.7 Å². The van der Waals surface area contributed by atoms with Gasteiger partial charge in [0.1, 0.15) is 6.07 Å². The summed E-state index contributed by atoms with van der Waals surface area (Å²) < 4.78 is 5.78. The highest BCUT2D eigenvalue weighted by molar-refractivity contribution is 6.42. The van der Waals surface area contributed by atoms with Gasteiger partial charge in [-0.25, -0.2) is 15.0 Å². The van der Waals surface area contributed by atoms with Crippen LogP contribution in [0, 0.1) is 17.2 Å². The van der Waals surface area contributed by atoms with E-state index in [-0.39, 0.29) is 23.6 Å². The topological polar surface area (TPSA) is 92.0 Å². The van der Waals surface area contributed by atoms with E-state index >= 15 is 0 Å². The second kappa shape index (κ2) is 10.3. The number of nitrogens with zero attached hydrogens (tertiary/aromatic N) is 5. The SMILES string of the molecule is N#Cc1ncc(C(=O)N2C[C@@H](CCOc3ccc(Cl)cn3)[C@H](c3ccc(Cl)c(Cl)c3)C2)cn1. The van der Waals surface area contributed by atoms with Gasteiger partial charge >= 0.3 is 0 Å². The number of likely N-dealkylation sites (tertiary alicyclic amines) is 1. The van der Waals surface area contributed by atoms with E-state index in [2.05, 4.69) is 15.0 Å². The molecule has 33 heavy (non-hydrogen) atoms. The Morgan fingerprint density at radius 2 is 1.85 bits per heavy atom. The summed E-state index contributed by atoms with van der Waals surface area (Å²) in [6.45, 7) is 1.46. The number of amides is 1. The van der Waals surface area contributed by atoms with Gasteiger partial charge in [0.15, 0.2) is 0 Å².